The standard InChI is InChI=1S/C16H17F3N4O/c17-16(18,19)11-4-3-5-13(8-11)23-10-12(9-21-23)22-15(24)14-6-1-2-7-20-14/h3-5,8-10,14,20H,1-2,6-7H2,(H,22,24). The summed E-state index contributed by atoms with van der Waals surface area (Å²) in [6.07, 6.45) is 1.32. The predicted molar refractivity (Wildman–Crippen MR) is 82.8 cm³/mol. The number of halogens is 3. The van der Waals surface area contributed by atoms with Crippen LogP contribution in [0.3, 0.4) is 0 Å². The number of benzene rings is 1. The Labute approximate surface area is 136 Å². The number of piperidine rings is 1. The molecule has 0 bridgehead atoms. The van der Waals surface area contributed by atoms with Gasteiger partial charge in [-0.2, -0.15) is 18.3 Å². The number of nitrogens with zero attached hydrogens (tertiary/aromatic N) is 2. The molecule has 1 unspecified atom stereocenters. The molecule has 128 valence electrons. The third-order valence-electron chi connectivity index (χ3n) is 3.91. The van der Waals surface area contributed by atoms with Crippen molar-refractivity contribution in [1.82, 2.24) is 15.1 Å². The molecule has 3 rings (SSSR count). The summed E-state index contributed by atoms with van der Waals surface area (Å²) in [5.41, 5.74) is -0.0154. The minimum Gasteiger partial charge on any atom is -0.322 e. The Morgan fingerprint density at radius 3 is 2.88 bits per heavy atom. The van der Waals surface area contributed by atoms with Gasteiger partial charge in [-0.15, -0.1) is 0 Å². The summed E-state index contributed by atoms with van der Waals surface area (Å²) >= 11 is 0. The molecule has 1 amide bonds. The molecule has 1 aromatic heterocycles. The first kappa shape index (κ1) is 16.5. The van der Waals surface area contributed by atoms with Crippen molar-refractivity contribution in [2.45, 2.75) is 31.5 Å². The number of anilines is 1. The zero-order valence-electron chi connectivity index (χ0n) is 12.8. The third-order valence-corrected chi connectivity index (χ3v) is 3.91. The lowest BCUT2D eigenvalue weighted by atomic mass is 10.0. The molecule has 1 aliphatic heterocycles. The zero-order valence-corrected chi connectivity index (χ0v) is 12.8. The minimum atomic E-state index is -4.41. The van der Waals surface area contributed by atoms with Crippen molar-refractivity contribution in [3.05, 3.63) is 42.2 Å². The van der Waals surface area contributed by atoms with Crippen molar-refractivity contribution in [2.75, 3.05) is 11.9 Å². The lowest BCUT2D eigenvalue weighted by Gasteiger charge is -2.22. The van der Waals surface area contributed by atoms with Crippen molar-refractivity contribution in [2.24, 2.45) is 0 Å². The smallest absolute Gasteiger partial charge is 0.322 e. The number of amides is 1. The van der Waals surface area contributed by atoms with Gasteiger partial charge in [0.1, 0.15) is 0 Å². The molecule has 5 nitrogen and oxygen atoms in total. The van der Waals surface area contributed by atoms with Crippen LogP contribution in [0.4, 0.5) is 18.9 Å². The van der Waals surface area contributed by atoms with Crippen LogP contribution in [-0.2, 0) is 11.0 Å². The quantitative estimate of drug-likeness (QED) is 0.905. The molecule has 1 fully saturated rings. The van der Waals surface area contributed by atoms with E-state index < -0.39 is 11.7 Å². The van der Waals surface area contributed by atoms with Crippen LogP contribution in [-0.4, -0.2) is 28.3 Å². The number of hydrogen-bond acceptors (Lipinski definition) is 3. The molecule has 1 atom stereocenters. The number of nitrogens with one attached hydrogen (secondary N) is 2. The fourth-order valence-corrected chi connectivity index (χ4v) is 2.66. The molecule has 8 heteroatoms. The highest BCUT2D eigenvalue weighted by Crippen LogP contribution is 2.30. The molecule has 0 saturated carbocycles. The van der Waals surface area contributed by atoms with Crippen LogP contribution in [0.1, 0.15) is 24.8 Å². The van der Waals surface area contributed by atoms with E-state index in [-0.39, 0.29) is 17.6 Å². The summed E-state index contributed by atoms with van der Waals surface area (Å²) in [5, 5.41) is 9.90. The summed E-state index contributed by atoms with van der Waals surface area (Å²) < 4.78 is 39.6. The molecule has 1 aliphatic rings. The highest BCUT2D eigenvalue weighted by molar-refractivity contribution is 5.94. The summed E-state index contributed by atoms with van der Waals surface area (Å²) in [4.78, 5) is 12.1. The minimum absolute atomic E-state index is 0.154. The van der Waals surface area contributed by atoms with Crippen LogP contribution >= 0.6 is 0 Å². The second-order valence-corrected chi connectivity index (χ2v) is 5.71. The Kier molecular flexibility index (Phi) is 4.57. The second kappa shape index (κ2) is 6.64. The van der Waals surface area contributed by atoms with Crippen molar-refractivity contribution >= 4 is 11.6 Å². The van der Waals surface area contributed by atoms with Crippen molar-refractivity contribution < 1.29 is 18.0 Å². The van der Waals surface area contributed by atoms with Crippen LogP contribution in [0.25, 0.3) is 5.69 Å². The Balaban J connectivity index is 1.72. The van der Waals surface area contributed by atoms with E-state index in [0.29, 0.717) is 5.69 Å². The second-order valence-electron chi connectivity index (χ2n) is 5.71. The van der Waals surface area contributed by atoms with E-state index in [1.807, 2.05) is 0 Å². The molecule has 0 spiro atoms. The molecule has 1 aromatic carbocycles. The van der Waals surface area contributed by atoms with Gasteiger partial charge < -0.3 is 10.6 Å². The maximum absolute atomic E-state index is 12.8. The number of carbonyl (C=O) groups is 1. The first-order valence-corrected chi connectivity index (χ1v) is 7.70. The van der Waals surface area contributed by atoms with Gasteiger partial charge in [0.15, 0.2) is 0 Å². The van der Waals surface area contributed by atoms with Gasteiger partial charge in [0, 0.05) is 0 Å². The molecule has 2 heterocycles. The number of carbonyl (C=O) groups excluding carboxylic acids is 1. The van der Waals surface area contributed by atoms with Crippen molar-refractivity contribution in [3.8, 4) is 5.69 Å². The number of aromatic nitrogens is 2. The van der Waals surface area contributed by atoms with Gasteiger partial charge in [0.2, 0.25) is 5.91 Å². The first-order chi connectivity index (χ1) is 11.4. The zero-order chi connectivity index (χ0) is 17.2. The number of rotatable bonds is 3. The van der Waals surface area contributed by atoms with Crippen LogP contribution in [0.5, 0.6) is 0 Å². The van der Waals surface area contributed by atoms with E-state index in [9.17, 15) is 18.0 Å². The van der Waals surface area contributed by atoms with Gasteiger partial charge in [-0.25, -0.2) is 4.68 Å². The SMILES string of the molecule is O=C(Nc1cnn(-c2cccc(C(F)(F)F)c2)c1)C1CCCCN1. The normalized spacial score (nSPS) is 18.4. The fourth-order valence-electron chi connectivity index (χ4n) is 2.66. The van der Waals surface area contributed by atoms with E-state index in [1.54, 1.807) is 0 Å². The summed E-state index contributed by atoms with van der Waals surface area (Å²) in [6.45, 7) is 0.807. The van der Waals surface area contributed by atoms with Crippen molar-refractivity contribution in [3.63, 3.8) is 0 Å². The highest BCUT2D eigenvalue weighted by atomic mass is 19.4. The molecular weight excluding hydrogens is 321 g/mol. The molecular formula is C16H17F3N4O. The maximum Gasteiger partial charge on any atom is 0.416 e. The molecule has 2 aromatic rings. The van der Waals surface area contributed by atoms with E-state index in [4.69, 9.17) is 0 Å². The fraction of sp³-hybridized carbons (Fsp3) is 0.375. The predicted octanol–water partition coefficient (Wildman–Crippen LogP) is 2.97. The molecule has 1 saturated heterocycles. The largest absolute Gasteiger partial charge is 0.416 e. The lowest BCUT2D eigenvalue weighted by molar-refractivity contribution is -0.137. The summed E-state index contributed by atoms with van der Waals surface area (Å²) in [5.74, 6) is -0.154. The van der Waals surface area contributed by atoms with E-state index in [0.717, 1.165) is 37.9 Å². The third kappa shape index (κ3) is 3.76. The van der Waals surface area contributed by atoms with Gasteiger partial charge in [0.05, 0.1) is 35.4 Å². The van der Waals surface area contributed by atoms with E-state index in [2.05, 4.69) is 15.7 Å². The van der Waals surface area contributed by atoms with Gasteiger partial charge in [0.25, 0.3) is 0 Å². The Hall–Kier alpha value is -2.35. The summed E-state index contributed by atoms with van der Waals surface area (Å²) in [7, 11) is 0. The monoisotopic (exact) mass is 338 g/mol. The van der Waals surface area contributed by atoms with E-state index in [1.165, 1.54) is 29.2 Å². The van der Waals surface area contributed by atoms with Gasteiger partial charge >= 0.3 is 6.18 Å². The molecule has 0 aliphatic carbocycles. The van der Waals surface area contributed by atoms with E-state index >= 15 is 0 Å². The van der Waals surface area contributed by atoms with Crippen LogP contribution in [0, 0.1) is 0 Å². The van der Waals surface area contributed by atoms with Crippen LogP contribution in [0.15, 0.2) is 36.7 Å². The van der Waals surface area contributed by atoms with Gasteiger partial charge in [-0.3, -0.25) is 4.79 Å². The first-order valence-electron chi connectivity index (χ1n) is 7.70. The van der Waals surface area contributed by atoms with Crippen LogP contribution < -0.4 is 10.6 Å². The molecule has 2 N–H and O–H groups in total. The lowest BCUT2D eigenvalue weighted by Crippen LogP contribution is -2.43. The summed E-state index contributed by atoms with van der Waals surface area (Å²) in [6, 6.07) is 4.63. The van der Waals surface area contributed by atoms with Gasteiger partial charge in [-0.05, 0) is 37.6 Å². The average molecular weight is 338 g/mol. The number of hydrogen-bond donors (Lipinski definition) is 2. The van der Waals surface area contributed by atoms with Gasteiger partial charge in [-0.1, -0.05) is 12.5 Å². The highest BCUT2D eigenvalue weighted by Gasteiger charge is 2.30. The Morgan fingerprint density at radius 1 is 1.33 bits per heavy atom. The van der Waals surface area contributed by atoms with Crippen LogP contribution in [0.2, 0.25) is 0 Å². The van der Waals surface area contributed by atoms with Crippen molar-refractivity contribution in [1.29, 1.82) is 0 Å². The maximum atomic E-state index is 12.8. The Morgan fingerprint density at radius 2 is 2.17 bits per heavy atom. The topological polar surface area (TPSA) is 59.0 Å². The Bertz CT molecular complexity index is 720. The molecule has 0 radical (unpaired) electrons. The average Bonchev–Trinajstić information content (AvgIpc) is 3.03. The molecule has 24 heavy (non-hydrogen) atoms. The number of alkyl halides is 3.